The summed E-state index contributed by atoms with van der Waals surface area (Å²) in [5.41, 5.74) is -1.57. The van der Waals surface area contributed by atoms with Crippen LogP contribution in [0.25, 0.3) is 0 Å². The number of nitriles is 1. The lowest BCUT2D eigenvalue weighted by atomic mass is 10.1. The van der Waals surface area contributed by atoms with Crippen LogP contribution in [0.1, 0.15) is 13.3 Å². The number of carbonyl (C=O) groups is 1. The lowest BCUT2D eigenvalue weighted by Gasteiger charge is -2.28. The molecule has 98 valence electrons. The molecule has 1 N–H and O–H groups in total. The van der Waals surface area contributed by atoms with E-state index in [1.807, 2.05) is 6.07 Å². The summed E-state index contributed by atoms with van der Waals surface area (Å²) in [4.78, 5) is 13.1. The molecule has 0 aromatic heterocycles. The summed E-state index contributed by atoms with van der Waals surface area (Å²) in [7, 11) is 2.80. The number of methoxy groups -OCH3 is 2. The fourth-order valence-corrected chi connectivity index (χ4v) is 1.42. The molecule has 0 bridgehead atoms. The molecule has 0 radical (unpaired) electrons. The van der Waals surface area contributed by atoms with E-state index in [-0.39, 0.29) is 6.54 Å². The van der Waals surface area contributed by atoms with Crippen LogP contribution in [0.2, 0.25) is 0 Å². The third kappa shape index (κ3) is 6.22. The molecule has 0 heterocycles. The highest BCUT2D eigenvalue weighted by Gasteiger charge is 2.33. The van der Waals surface area contributed by atoms with Gasteiger partial charge in [0.1, 0.15) is 0 Å². The van der Waals surface area contributed by atoms with Crippen molar-refractivity contribution in [3.8, 4) is 6.07 Å². The topological polar surface area (TPSA) is 82.8 Å². The SMILES string of the molecule is COCCN(CCC#N)CC(C)(O)C(=O)OC. The van der Waals surface area contributed by atoms with E-state index in [1.165, 1.54) is 14.0 Å². The van der Waals surface area contributed by atoms with Crippen LogP contribution in [0.15, 0.2) is 0 Å². The van der Waals surface area contributed by atoms with Crippen molar-refractivity contribution in [3.05, 3.63) is 0 Å². The smallest absolute Gasteiger partial charge is 0.338 e. The van der Waals surface area contributed by atoms with Gasteiger partial charge in [0.15, 0.2) is 5.60 Å². The highest BCUT2D eigenvalue weighted by molar-refractivity contribution is 5.78. The Morgan fingerprint density at radius 2 is 2.12 bits per heavy atom. The molecule has 0 aliphatic rings. The van der Waals surface area contributed by atoms with Crippen molar-refractivity contribution in [2.75, 3.05) is 40.5 Å². The van der Waals surface area contributed by atoms with Gasteiger partial charge in [0, 0.05) is 33.2 Å². The first-order valence-electron chi connectivity index (χ1n) is 5.37. The Labute approximate surface area is 102 Å². The zero-order valence-electron chi connectivity index (χ0n) is 10.6. The average molecular weight is 244 g/mol. The van der Waals surface area contributed by atoms with E-state index in [0.29, 0.717) is 26.1 Å². The standard InChI is InChI=1S/C11H20N2O4/c1-11(15,10(14)17-3)9-13(6-4-5-12)7-8-16-2/h15H,4,6-9H2,1-3H3. The molecule has 1 unspecified atom stereocenters. The second kappa shape index (κ2) is 8.01. The van der Waals surface area contributed by atoms with Crippen molar-refractivity contribution in [1.29, 1.82) is 5.26 Å². The highest BCUT2D eigenvalue weighted by Crippen LogP contribution is 2.09. The van der Waals surface area contributed by atoms with E-state index in [9.17, 15) is 9.90 Å². The van der Waals surface area contributed by atoms with Crippen LogP contribution >= 0.6 is 0 Å². The molecule has 0 amide bonds. The van der Waals surface area contributed by atoms with Gasteiger partial charge in [-0.15, -0.1) is 0 Å². The Bertz CT molecular complexity index is 273. The molecule has 0 fully saturated rings. The minimum Gasteiger partial charge on any atom is -0.467 e. The minimum atomic E-state index is -1.57. The van der Waals surface area contributed by atoms with E-state index in [1.54, 1.807) is 12.0 Å². The quantitative estimate of drug-likeness (QED) is 0.594. The summed E-state index contributed by atoms with van der Waals surface area (Å²) in [6.07, 6.45) is 0.334. The predicted molar refractivity (Wildman–Crippen MR) is 61.2 cm³/mol. The first kappa shape index (κ1) is 15.8. The average Bonchev–Trinajstić information content (AvgIpc) is 2.31. The van der Waals surface area contributed by atoms with E-state index >= 15 is 0 Å². The van der Waals surface area contributed by atoms with Crippen molar-refractivity contribution >= 4 is 5.97 Å². The Morgan fingerprint density at radius 3 is 2.59 bits per heavy atom. The van der Waals surface area contributed by atoms with Gasteiger partial charge in [0.25, 0.3) is 0 Å². The number of aliphatic hydroxyl groups is 1. The summed E-state index contributed by atoms with van der Waals surface area (Å²) in [5.74, 6) is -0.683. The number of ether oxygens (including phenoxy) is 2. The molecular formula is C11H20N2O4. The number of rotatable bonds is 8. The minimum absolute atomic E-state index is 0.116. The van der Waals surface area contributed by atoms with Crippen molar-refractivity contribution in [2.45, 2.75) is 18.9 Å². The summed E-state index contributed by atoms with van der Waals surface area (Å²) < 4.78 is 9.44. The van der Waals surface area contributed by atoms with Gasteiger partial charge < -0.3 is 14.6 Å². The Morgan fingerprint density at radius 1 is 1.47 bits per heavy atom. The van der Waals surface area contributed by atoms with Gasteiger partial charge in [-0.05, 0) is 6.92 Å². The number of nitrogens with zero attached hydrogens (tertiary/aromatic N) is 2. The van der Waals surface area contributed by atoms with Crippen LogP contribution < -0.4 is 0 Å². The molecule has 17 heavy (non-hydrogen) atoms. The molecule has 0 aromatic carbocycles. The monoisotopic (exact) mass is 244 g/mol. The summed E-state index contributed by atoms with van der Waals surface area (Å²) in [6.45, 7) is 3.01. The largest absolute Gasteiger partial charge is 0.467 e. The maximum atomic E-state index is 11.3. The van der Waals surface area contributed by atoms with Crippen LogP contribution in [0, 0.1) is 11.3 Å². The Kier molecular flexibility index (Phi) is 7.46. The summed E-state index contributed by atoms with van der Waals surface area (Å²) >= 11 is 0. The summed E-state index contributed by atoms with van der Waals surface area (Å²) in [5, 5.41) is 18.4. The number of carbonyl (C=O) groups excluding carboxylic acids is 1. The molecule has 0 aromatic rings. The third-order valence-electron chi connectivity index (χ3n) is 2.31. The van der Waals surface area contributed by atoms with Crippen LogP contribution in [0.3, 0.4) is 0 Å². The Hall–Kier alpha value is -1.16. The second-order valence-electron chi connectivity index (χ2n) is 3.94. The van der Waals surface area contributed by atoms with Gasteiger partial charge >= 0.3 is 5.97 Å². The number of esters is 1. The maximum absolute atomic E-state index is 11.3. The van der Waals surface area contributed by atoms with Gasteiger partial charge in [-0.25, -0.2) is 4.79 Å². The molecule has 1 atom stereocenters. The van der Waals surface area contributed by atoms with E-state index in [0.717, 1.165) is 0 Å². The molecule has 0 aliphatic carbocycles. The van der Waals surface area contributed by atoms with Crippen molar-refractivity contribution < 1.29 is 19.4 Å². The van der Waals surface area contributed by atoms with Gasteiger partial charge in [-0.2, -0.15) is 5.26 Å². The highest BCUT2D eigenvalue weighted by atomic mass is 16.5. The van der Waals surface area contributed by atoms with Gasteiger partial charge in [-0.1, -0.05) is 0 Å². The van der Waals surface area contributed by atoms with E-state index in [4.69, 9.17) is 10.00 Å². The van der Waals surface area contributed by atoms with E-state index in [2.05, 4.69) is 4.74 Å². The second-order valence-corrected chi connectivity index (χ2v) is 3.94. The predicted octanol–water partition coefficient (Wildman–Crippen LogP) is -0.228. The van der Waals surface area contributed by atoms with E-state index < -0.39 is 11.6 Å². The normalized spacial score (nSPS) is 14.1. The van der Waals surface area contributed by atoms with Crippen LogP contribution in [-0.4, -0.2) is 62.0 Å². The first-order valence-corrected chi connectivity index (χ1v) is 5.37. The lowest BCUT2D eigenvalue weighted by molar-refractivity contribution is -0.162. The fraction of sp³-hybridized carbons (Fsp3) is 0.818. The molecule has 6 nitrogen and oxygen atoms in total. The maximum Gasteiger partial charge on any atom is 0.338 e. The van der Waals surface area contributed by atoms with Crippen molar-refractivity contribution in [3.63, 3.8) is 0 Å². The van der Waals surface area contributed by atoms with Crippen molar-refractivity contribution in [2.24, 2.45) is 0 Å². The van der Waals surface area contributed by atoms with Crippen LogP contribution in [0.4, 0.5) is 0 Å². The van der Waals surface area contributed by atoms with Crippen LogP contribution in [-0.2, 0) is 14.3 Å². The Balaban J connectivity index is 4.39. The molecule has 6 heteroatoms. The molecule has 0 aliphatic heterocycles. The number of hydrogen-bond donors (Lipinski definition) is 1. The molecule has 0 spiro atoms. The van der Waals surface area contributed by atoms with Crippen molar-refractivity contribution in [1.82, 2.24) is 4.90 Å². The molecule has 0 rings (SSSR count). The first-order chi connectivity index (χ1) is 7.97. The lowest BCUT2D eigenvalue weighted by Crippen LogP contribution is -2.48. The zero-order chi connectivity index (χ0) is 13.3. The molecule has 0 saturated heterocycles. The van der Waals surface area contributed by atoms with Gasteiger partial charge in [-0.3, -0.25) is 4.90 Å². The molecule has 0 saturated carbocycles. The molecular weight excluding hydrogens is 224 g/mol. The summed E-state index contributed by atoms with van der Waals surface area (Å²) in [6, 6.07) is 2.02. The third-order valence-corrected chi connectivity index (χ3v) is 2.31. The van der Waals surface area contributed by atoms with Gasteiger partial charge in [0.05, 0.1) is 19.8 Å². The zero-order valence-corrected chi connectivity index (χ0v) is 10.6. The fourth-order valence-electron chi connectivity index (χ4n) is 1.42. The number of hydrogen-bond acceptors (Lipinski definition) is 6. The van der Waals surface area contributed by atoms with Crippen LogP contribution in [0.5, 0.6) is 0 Å². The van der Waals surface area contributed by atoms with Gasteiger partial charge in [0.2, 0.25) is 0 Å².